The van der Waals surface area contributed by atoms with E-state index in [1.807, 2.05) is 17.5 Å². The van der Waals surface area contributed by atoms with Gasteiger partial charge in [0.2, 0.25) is 5.91 Å². The van der Waals surface area contributed by atoms with Crippen LogP contribution in [-0.2, 0) is 9.53 Å². The van der Waals surface area contributed by atoms with Gasteiger partial charge in [-0.05, 0) is 30.7 Å². The van der Waals surface area contributed by atoms with E-state index >= 15 is 0 Å². The minimum Gasteiger partial charge on any atom is -0.388 e. The first kappa shape index (κ1) is 13.5. The molecular weight excluding hydrogens is 250 g/mol. The molecule has 1 amide bonds. The summed E-state index contributed by atoms with van der Waals surface area (Å²) in [5.74, 6) is -0.0129. The Labute approximate surface area is 111 Å². The lowest BCUT2D eigenvalue weighted by molar-refractivity contribution is -0.122. The lowest BCUT2D eigenvalue weighted by atomic mass is 10.1. The molecule has 1 aromatic heterocycles. The van der Waals surface area contributed by atoms with E-state index in [2.05, 4.69) is 5.32 Å². The number of rotatable bonds is 6. The van der Waals surface area contributed by atoms with Crippen LogP contribution in [0.15, 0.2) is 17.5 Å². The van der Waals surface area contributed by atoms with Crippen LogP contribution in [-0.4, -0.2) is 30.3 Å². The standard InChI is InChI=1S/C13H19NO3S/c15-11(12-4-2-8-18-12)5-6-13(16)14-9-10-3-1-7-17-10/h2,4,8,10-11,15H,1,3,5-7,9H2,(H,14,16). The first-order chi connectivity index (χ1) is 8.75. The Morgan fingerprint density at radius 1 is 1.67 bits per heavy atom. The van der Waals surface area contributed by atoms with E-state index < -0.39 is 6.10 Å². The molecule has 0 bridgehead atoms. The van der Waals surface area contributed by atoms with E-state index in [9.17, 15) is 9.90 Å². The highest BCUT2D eigenvalue weighted by Crippen LogP contribution is 2.22. The molecule has 0 radical (unpaired) electrons. The fourth-order valence-corrected chi connectivity index (χ4v) is 2.76. The molecule has 2 heterocycles. The zero-order valence-corrected chi connectivity index (χ0v) is 11.1. The summed E-state index contributed by atoms with van der Waals surface area (Å²) in [4.78, 5) is 12.5. The number of amides is 1. The van der Waals surface area contributed by atoms with Crippen molar-refractivity contribution in [1.29, 1.82) is 0 Å². The van der Waals surface area contributed by atoms with Crippen LogP contribution >= 0.6 is 11.3 Å². The molecule has 0 aromatic carbocycles. The van der Waals surface area contributed by atoms with Gasteiger partial charge in [-0.25, -0.2) is 0 Å². The third kappa shape index (κ3) is 4.08. The first-order valence-electron chi connectivity index (χ1n) is 6.35. The predicted molar refractivity (Wildman–Crippen MR) is 70.5 cm³/mol. The van der Waals surface area contributed by atoms with Crippen molar-refractivity contribution >= 4 is 17.2 Å². The average molecular weight is 269 g/mol. The van der Waals surface area contributed by atoms with Crippen LogP contribution in [0.2, 0.25) is 0 Å². The summed E-state index contributed by atoms with van der Waals surface area (Å²) in [5.41, 5.74) is 0. The van der Waals surface area contributed by atoms with Crippen molar-refractivity contribution in [2.24, 2.45) is 0 Å². The quantitative estimate of drug-likeness (QED) is 0.828. The van der Waals surface area contributed by atoms with Crippen molar-refractivity contribution in [3.8, 4) is 0 Å². The third-order valence-corrected chi connectivity index (χ3v) is 4.04. The maximum absolute atomic E-state index is 11.6. The molecule has 0 spiro atoms. The van der Waals surface area contributed by atoms with Gasteiger partial charge >= 0.3 is 0 Å². The summed E-state index contributed by atoms with van der Waals surface area (Å²) in [6, 6.07) is 3.79. The largest absolute Gasteiger partial charge is 0.388 e. The van der Waals surface area contributed by atoms with Crippen LogP contribution in [0.4, 0.5) is 0 Å². The van der Waals surface area contributed by atoms with Crippen LogP contribution in [0.3, 0.4) is 0 Å². The highest BCUT2D eigenvalue weighted by molar-refractivity contribution is 7.10. The van der Waals surface area contributed by atoms with E-state index in [0.29, 0.717) is 19.4 Å². The highest BCUT2D eigenvalue weighted by Gasteiger charge is 2.16. The van der Waals surface area contributed by atoms with Gasteiger partial charge in [0.1, 0.15) is 0 Å². The fraction of sp³-hybridized carbons (Fsp3) is 0.615. The molecule has 1 fully saturated rings. The second kappa shape index (κ2) is 6.87. The average Bonchev–Trinajstić information content (AvgIpc) is 3.05. The zero-order chi connectivity index (χ0) is 12.8. The number of thiophene rings is 1. The molecular formula is C13H19NO3S. The van der Waals surface area contributed by atoms with Crippen LogP contribution in [0.1, 0.15) is 36.7 Å². The molecule has 2 atom stereocenters. The van der Waals surface area contributed by atoms with Crippen molar-refractivity contribution in [1.82, 2.24) is 5.32 Å². The number of aliphatic hydroxyl groups is 1. The summed E-state index contributed by atoms with van der Waals surface area (Å²) < 4.78 is 5.43. The highest BCUT2D eigenvalue weighted by atomic mass is 32.1. The molecule has 100 valence electrons. The van der Waals surface area contributed by atoms with Crippen molar-refractivity contribution in [2.75, 3.05) is 13.2 Å². The number of hydrogen-bond donors (Lipinski definition) is 2. The molecule has 1 saturated heterocycles. The summed E-state index contributed by atoms with van der Waals surface area (Å²) in [5, 5.41) is 14.6. The maximum atomic E-state index is 11.6. The number of aliphatic hydroxyl groups excluding tert-OH is 1. The molecule has 2 rings (SSSR count). The number of hydrogen-bond acceptors (Lipinski definition) is 4. The predicted octanol–water partition coefficient (Wildman–Crippen LogP) is 1.86. The molecule has 2 unspecified atom stereocenters. The van der Waals surface area contributed by atoms with Gasteiger partial charge in [0.05, 0.1) is 12.2 Å². The summed E-state index contributed by atoms with van der Waals surface area (Å²) in [7, 11) is 0. The lowest BCUT2D eigenvalue weighted by Gasteiger charge is -2.12. The molecule has 0 saturated carbocycles. The minimum atomic E-state index is -0.529. The topological polar surface area (TPSA) is 58.6 Å². The SMILES string of the molecule is O=C(CCC(O)c1cccs1)NCC1CCCO1. The number of nitrogens with one attached hydrogen (secondary N) is 1. The molecule has 18 heavy (non-hydrogen) atoms. The van der Waals surface area contributed by atoms with Crippen molar-refractivity contribution in [2.45, 2.75) is 37.9 Å². The van der Waals surface area contributed by atoms with Gasteiger partial charge < -0.3 is 15.2 Å². The molecule has 0 aliphatic carbocycles. The summed E-state index contributed by atoms with van der Waals surface area (Å²) in [6.07, 6.45) is 2.58. The molecule has 4 nitrogen and oxygen atoms in total. The van der Waals surface area contributed by atoms with Crippen molar-refractivity contribution in [3.05, 3.63) is 22.4 Å². The molecule has 5 heteroatoms. The van der Waals surface area contributed by atoms with Gasteiger partial charge in [0.15, 0.2) is 0 Å². The lowest BCUT2D eigenvalue weighted by Crippen LogP contribution is -2.31. The van der Waals surface area contributed by atoms with Gasteiger partial charge in [0, 0.05) is 24.4 Å². The summed E-state index contributed by atoms with van der Waals surface area (Å²) >= 11 is 1.51. The molecule has 1 aliphatic heterocycles. The number of ether oxygens (including phenoxy) is 1. The Morgan fingerprint density at radius 3 is 3.22 bits per heavy atom. The Balaban J connectivity index is 1.62. The van der Waals surface area contributed by atoms with Crippen molar-refractivity contribution < 1.29 is 14.6 Å². The smallest absolute Gasteiger partial charge is 0.220 e. The van der Waals surface area contributed by atoms with Gasteiger partial charge in [-0.1, -0.05) is 6.07 Å². The number of carbonyl (C=O) groups excluding carboxylic acids is 1. The van der Waals surface area contributed by atoms with E-state index in [-0.39, 0.29) is 12.0 Å². The van der Waals surface area contributed by atoms with Crippen LogP contribution in [0.25, 0.3) is 0 Å². The second-order valence-electron chi connectivity index (χ2n) is 4.51. The second-order valence-corrected chi connectivity index (χ2v) is 5.49. The van der Waals surface area contributed by atoms with Crippen LogP contribution in [0.5, 0.6) is 0 Å². The maximum Gasteiger partial charge on any atom is 0.220 e. The van der Waals surface area contributed by atoms with Gasteiger partial charge in [-0.2, -0.15) is 0 Å². The van der Waals surface area contributed by atoms with Crippen molar-refractivity contribution in [3.63, 3.8) is 0 Å². The Hall–Kier alpha value is -0.910. The monoisotopic (exact) mass is 269 g/mol. The molecule has 2 N–H and O–H groups in total. The zero-order valence-electron chi connectivity index (χ0n) is 10.3. The van der Waals surface area contributed by atoms with E-state index in [1.54, 1.807) is 0 Å². The number of carbonyl (C=O) groups is 1. The first-order valence-corrected chi connectivity index (χ1v) is 7.23. The Kier molecular flexibility index (Phi) is 5.16. The third-order valence-electron chi connectivity index (χ3n) is 3.07. The molecule has 1 aromatic rings. The normalized spacial score (nSPS) is 20.8. The van der Waals surface area contributed by atoms with Gasteiger partial charge in [0.25, 0.3) is 0 Å². The van der Waals surface area contributed by atoms with E-state index in [1.165, 1.54) is 11.3 Å². The fourth-order valence-electron chi connectivity index (χ4n) is 2.01. The van der Waals surface area contributed by atoms with Gasteiger partial charge in [-0.3, -0.25) is 4.79 Å². The van der Waals surface area contributed by atoms with E-state index in [4.69, 9.17) is 4.74 Å². The van der Waals surface area contributed by atoms with Crippen LogP contribution < -0.4 is 5.32 Å². The Bertz CT molecular complexity index is 360. The summed E-state index contributed by atoms with van der Waals surface area (Å²) in [6.45, 7) is 1.39. The van der Waals surface area contributed by atoms with Gasteiger partial charge in [-0.15, -0.1) is 11.3 Å². The minimum absolute atomic E-state index is 0.0129. The van der Waals surface area contributed by atoms with Crippen LogP contribution in [0, 0.1) is 0 Å². The van der Waals surface area contributed by atoms with E-state index in [0.717, 1.165) is 24.3 Å². The Morgan fingerprint density at radius 2 is 2.56 bits per heavy atom. The molecule has 1 aliphatic rings.